The number of carbonyl (C=O) groups excluding carboxylic acids is 2. The van der Waals surface area contributed by atoms with Crippen molar-refractivity contribution < 1.29 is 9.59 Å². The zero-order valence-electron chi connectivity index (χ0n) is 17.5. The average molecular weight is 443 g/mol. The van der Waals surface area contributed by atoms with Gasteiger partial charge >= 0.3 is 0 Å². The summed E-state index contributed by atoms with van der Waals surface area (Å²) in [5.74, 6) is -0.198. The maximum Gasteiger partial charge on any atom is 0.251 e. The third kappa shape index (κ3) is 5.07. The van der Waals surface area contributed by atoms with Gasteiger partial charge in [0.15, 0.2) is 5.16 Å². The lowest BCUT2D eigenvalue weighted by Gasteiger charge is -2.06. The molecule has 2 amide bonds. The smallest absolute Gasteiger partial charge is 0.251 e. The van der Waals surface area contributed by atoms with Gasteiger partial charge in [-0.25, -0.2) is 4.98 Å². The van der Waals surface area contributed by atoms with Crippen LogP contribution in [0.3, 0.4) is 0 Å². The standard InChI is InChI=1S/C25H22N4O2S/c1-26-24(31)19-13-8-14-20(15-19)27-21(30)16-32-25-28-22(17-9-4-2-5-10-17)23(29-25)18-11-6-3-7-12-18/h2-15H,16H2,1H3,(H,26,31)(H,27,30)(H,28,29). The van der Waals surface area contributed by atoms with Crippen LogP contribution >= 0.6 is 11.8 Å². The number of nitrogens with zero attached hydrogens (tertiary/aromatic N) is 1. The van der Waals surface area contributed by atoms with Crippen molar-refractivity contribution in [2.24, 2.45) is 0 Å². The first kappa shape index (κ1) is 21.4. The molecule has 1 heterocycles. The van der Waals surface area contributed by atoms with Crippen LogP contribution in [0.2, 0.25) is 0 Å². The Balaban J connectivity index is 1.50. The maximum absolute atomic E-state index is 12.5. The molecule has 1 aromatic heterocycles. The van der Waals surface area contributed by atoms with Gasteiger partial charge in [-0.3, -0.25) is 9.59 Å². The fraction of sp³-hybridized carbons (Fsp3) is 0.0800. The summed E-state index contributed by atoms with van der Waals surface area (Å²) >= 11 is 1.33. The van der Waals surface area contributed by atoms with Crippen molar-refractivity contribution in [1.82, 2.24) is 15.3 Å². The van der Waals surface area contributed by atoms with Crippen LogP contribution in [0.15, 0.2) is 90.1 Å². The lowest BCUT2D eigenvalue weighted by molar-refractivity contribution is -0.113. The van der Waals surface area contributed by atoms with Crippen LogP contribution in [0, 0.1) is 0 Å². The number of hydrogen-bond donors (Lipinski definition) is 3. The molecule has 4 aromatic rings. The highest BCUT2D eigenvalue weighted by atomic mass is 32.2. The Morgan fingerprint density at radius 1 is 0.906 bits per heavy atom. The molecule has 0 aliphatic heterocycles. The van der Waals surface area contributed by atoms with Crippen LogP contribution in [0.5, 0.6) is 0 Å². The molecule has 3 N–H and O–H groups in total. The maximum atomic E-state index is 12.5. The molecule has 160 valence electrons. The molecule has 32 heavy (non-hydrogen) atoms. The number of H-pyrrole nitrogens is 1. The minimum Gasteiger partial charge on any atom is -0.355 e. The second kappa shape index (κ2) is 9.98. The summed E-state index contributed by atoms with van der Waals surface area (Å²) in [6.07, 6.45) is 0. The molecule has 0 atom stereocenters. The molecule has 0 saturated heterocycles. The predicted octanol–water partition coefficient (Wildman–Crippen LogP) is 4.83. The summed E-state index contributed by atoms with van der Waals surface area (Å²) < 4.78 is 0. The van der Waals surface area contributed by atoms with E-state index in [0.29, 0.717) is 16.4 Å². The second-order valence-corrected chi connectivity index (χ2v) is 7.96. The van der Waals surface area contributed by atoms with E-state index in [9.17, 15) is 9.59 Å². The van der Waals surface area contributed by atoms with Gasteiger partial charge in [0.25, 0.3) is 5.91 Å². The van der Waals surface area contributed by atoms with Gasteiger partial charge in [-0.15, -0.1) is 0 Å². The normalized spacial score (nSPS) is 10.5. The molecule has 6 nitrogen and oxygen atoms in total. The number of hydrogen-bond acceptors (Lipinski definition) is 4. The Morgan fingerprint density at radius 2 is 1.59 bits per heavy atom. The Hall–Kier alpha value is -3.84. The highest BCUT2D eigenvalue weighted by Gasteiger charge is 2.15. The number of carbonyl (C=O) groups is 2. The topological polar surface area (TPSA) is 86.9 Å². The number of aromatic nitrogens is 2. The Kier molecular flexibility index (Phi) is 6.67. The summed E-state index contributed by atoms with van der Waals surface area (Å²) in [5, 5.41) is 6.07. The highest BCUT2D eigenvalue weighted by Crippen LogP contribution is 2.32. The molecule has 0 aliphatic rings. The first-order chi connectivity index (χ1) is 15.6. The van der Waals surface area contributed by atoms with Crippen molar-refractivity contribution in [3.63, 3.8) is 0 Å². The van der Waals surface area contributed by atoms with Crippen LogP contribution in [-0.4, -0.2) is 34.6 Å². The molecular formula is C25H22N4O2S. The SMILES string of the molecule is CNC(=O)c1cccc(NC(=O)CSc2nc(-c3ccccc3)c(-c3ccccc3)[nH]2)c1. The van der Waals surface area contributed by atoms with E-state index in [0.717, 1.165) is 22.5 Å². The number of amides is 2. The third-order valence-electron chi connectivity index (χ3n) is 4.77. The number of aromatic amines is 1. The molecule has 0 aliphatic carbocycles. The molecular weight excluding hydrogens is 420 g/mol. The highest BCUT2D eigenvalue weighted by molar-refractivity contribution is 7.99. The number of thioether (sulfide) groups is 1. The van der Waals surface area contributed by atoms with E-state index in [-0.39, 0.29) is 17.6 Å². The van der Waals surface area contributed by atoms with E-state index in [1.165, 1.54) is 11.8 Å². The van der Waals surface area contributed by atoms with E-state index in [4.69, 9.17) is 4.98 Å². The molecule has 0 unspecified atom stereocenters. The van der Waals surface area contributed by atoms with Gasteiger partial charge in [0.1, 0.15) is 0 Å². The fourth-order valence-corrected chi connectivity index (χ4v) is 3.92. The lowest BCUT2D eigenvalue weighted by Crippen LogP contribution is -2.19. The zero-order valence-corrected chi connectivity index (χ0v) is 18.3. The molecule has 0 saturated carbocycles. The first-order valence-electron chi connectivity index (χ1n) is 10.1. The molecule has 0 radical (unpaired) electrons. The lowest BCUT2D eigenvalue weighted by atomic mass is 10.1. The largest absolute Gasteiger partial charge is 0.355 e. The summed E-state index contributed by atoms with van der Waals surface area (Å²) in [6, 6.07) is 26.8. The minimum atomic E-state index is -0.201. The van der Waals surface area contributed by atoms with Crippen molar-refractivity contribution in [2.75, 3.05) is 18.1 Å². The van der Waals surface area contributed by atoms with Crippen molar-refractivity contribution in [2.45, 2.75) is 5.16 Å². The van der Waals surface area contributed by atoms with Crippen LogP contribution in [0.1, 0.15) is 10.4 Å². The fourth-order valence-electron chi connectivity index (χ4n) is 3.25. The summed E-state index contributed by atoms with van der Waals surface area (Å²) in [7, 11) is 1.57. The van der Waals surface area contributed by atoms with Gasteiger partial charge < -0.3 is 15.6 Å². The van der Waals surface area contributed by atoms with E-state index in [1.807, 2.05) is 60.7 Å². The molecule has 0 fully saturated rings. The quantitative estimate of drug-likeness (QED) is 0.358. The van der Waals surface area contributed by atoms with Gasteiger partial charge in [-0.2, -0.15) is 0 Å². The predicted molar refractivity (Wildman–Crippen MR) is 129 cm³/mol. The Labute approximate surface area is 190 Å². The van der Waals surface area contributed by atoms with Crippen molar-refractivity contribution in [3.05, 3.63) is 90.5 Å². The zero-order chi connectivity index (χ0) is 22.3. The Morgan fingerprint density at radius 3 is 2.28 bits per heavy atom. The van der Waals surface area contributed by atoms with Crippen LogP contribution in [0.4, 0.5) is 5.69 Å². The first-order valence-corrected chi connectivity index (χ1v) is 11.1. The van der Waals surface area contributed by atoms with Crippen molar-refractivity contribution >= 4 is 29.3 Å². The number of rotatable bonds is 7. The molecule has 7 heteroatoms. The van der Waals surface area contributed by atoms with E-state index in [2.05, 4.69) is 15.6 Å². The monoisotopic (exact) mass is 442 g/mol. The van der Waals surface area contributed by atoms with Gasteiger partial charge in [-0.05, 0) is 18.2 Å². The summed E-state index contributed by atoms with van der Waals surface area (Å²) in [5.41, 5.74) is 4.86. The second-order valence-electron chi connectivity index (χ2n) is 6.99. The number of imidazole rings is 1. The summed E-state index contributed by atoms with van der Waals surface area (Å²) in [6.45, 7) is 0. The van der Waals surface area contributed by atoms with Crippen molar-refractivity contribution in [1.29, 1.82) is 0 Å². The van der Waals surface area contributed by atoms with E-state index in [1.54, 1.807) is 31.3 Å². The van der Waals surface area contributed by atoms with Gasteiger partial charge in [0.05, 0.1) is 17.1 Å². The number of benzene rings is 3. The molecule has 0 bridgehead atoms. The van der Waals surface area contributed by atoms with Crippen LogP contribution < -0.4 is 10.6 Å². The molecule has 4 rings (SSSR count). The van der Waals surface area contributed by atoms with Crippen LogP contribution in [0.25, 0.3) is 22.5 Å². The Bertz CT molecular complexity index is 1170. The molecule has 0 spiro atoms. The molecule has 3 aromatic carbocycles. The van der Waals surface area contributed by atoms with Crippen molar-refractivity contribution in [3.8, 4) is 22.5 Å². The minimum absolute atomic E-state index is 0.178. The van der Waals surface area contributed by atoms with Gasteiger partial charge in [-0.1, -0.05) is 78.5 Å². The summed E-state index contributed by atoms with van der Waals surface area (Å²) in [4.78, 5) is 32.4. The number of nitrogens with one attached hydrogen (secondary N) is 3. The van der Waals surface area contributed by atoms with Gasteiger partial charge in [0, 0.05) is 29.4 Å². The van der Waals surface area contributed by atoms with E-state index >= 15 is 0 Å². The van der Waals surface area contributed by atoms with Gasteiger partial charge in [0.2, 0.25) is 5.91 Å². The third-order valence-corrected chi connectivity index (χ3v) is 5.64. The van der Waals surface area contributed by atoms with Crippen LogP contribution in [-0.2, 0) is 4.79 Å². The average Bonchev–Trinajstić information content (AvgIpc) is 3.28. The number of anilines is 1. The van der Waals surface area contributed by atoms with E-state index < -0.39 is 0 Å².